The molecule has 1 fully saturated rings. The van der Waals surface area contributed by atoms with Gasteiger partial charge in [-0.2, -0.15) is 0 Å². The van der Waals surface area contributed by atoms with E-state index in [9.17, 15) is 4.79 Å². The van der Waals surface area contributed by atoms with Crippen molar-refractivity contribution in [2.24, 2.45) is 22.2 Å². The van der Waals surface area contributed by atoms with Gasteiger partial charge in [0, 0.05) is 24.3 Å². The minimum Gasteiger partial charge on any atom is -0.394 e. The fraction of sp³-hybridized carbons (Fsp3) is 0.636. The minimum absolute atomic E-state index is 0.0485. The third-order valence-corrected chi connectivity index (χ3v) is 6.39. The van der Waals surface area contributed by atoms with Gasteiger partial charge in [-0.05, 0) is 47.8 Å². The van der Waals surface area contributed by atoms with E-state index in [0.29, 0.717) is 31.3 Å². The molecule has 2 aliphatic rings. The summed E-state index contributed by atoms with van der Waals surface area (Å²) in [6.07, 6.45) is 2.32. The molecule has 0 saturated heterocycles. The van der Waals surface area contributed by atoms with Crippen molar-refractivity contribution in [1.82, 2.24) is 0 Å². The maximum atomic E-state index is 13.3. The molecule has 2 aliphatic carbocycles. The van der Waals surface area contributed by atoms with Gasteiger partial charge in [-0.15, -0.1) is 0 Å². The Hall–Kier alpha value is -1.68. The van der Waals surface area contributed by atoms with Crippen LogP contribution < -0.4 is 5.73 Å². The largest absolute Gasteiger partial charge is 0.394 e. The van der Waals surface area contributed by atoms with Gasteiger partial charge in [0.25, 0.3) is 0 Å². The van der Waals surface area contributed by atoms with Crippen molar-refractivity contribution in [3.8, 4) is 0 Å². The van der Waals surface area contributed by atoms with Crippen LogP contribution in [0, 0.1) is 11.3 Å². The van der Waals surface area contributed by atoms with E-state index in [1.165, 1.54) is 11.1 Å². The molecule has 26 heavy (non-hydrogen) atoms. The summed E-state index contributed by atoms with van der Waals surface area (Å²) in [6, 6.07) is 6.66. The molecule has 3 rings (SSSR count). The van der Waals surface area contributed by atoms with Gasteiger partial charge in [-0.3, -0.25) is 4.79 Å². The Bertz CT molecular complexity index is 736. The number of nitrogens with two attached hydrogens (primary N) is 1. The Morgan fingerprint density at radius 2 is 2.04 bits per heavy atom. The summed E-state index contributed by atoms with van der Waals surface area (Å²) < 4.78 is 0. The van der Waals surface area contributed by atoms with Crippen LogP contribution in [0.15, 0.2) is 23.4 Å². The van der Waals surface area contributed by atoms with Crippen molar-refractivity contribution in [1.29, 1.82) is 0 Å². The Labute approximate surface area is 157 Å². The zero-order valence-electron chi connectivity index (χ0n) is 16.8. The van der Waals surface area contributed by atoms with E-state index in [1.54, 1.807) is 0 Å². The average molecular weight is 357 g/mol. The van der Waals surface area contributed by atoms with E-state index in [0.717, 1.165) is 24.1 Å². The lowest BCUT2D eigenvalue weighted by Gasteiger charge is -2.53. The van der Waals surface area contributed by atoms with Crippen LogP contribution in [-0.4, -0.2) is 24.6 Å². The van der Waals surface area contributed by atoms with Crippen molar-refractivity contribution in [2.75, 3.05) is 13.2 Å². The number of benzene rings is 1. The number of hydrogen-bond donors (Lipinski definition) is 1. The molecule has 1 unspecified atom stereocenters. The molecule has 0 aliphatic heterocycles. The van der Waals surface area contributed by atoms with Gasteiger partial charge < -0.3 is 10.6 Å². The lowest BCUT2D eigenvalue weighted by molar-refractivity contribution is -0.129. The van der Waals surface area contributed by atoms with Crippen molar-refractivity contribution < 1.29 is 9.63 Å². The first-order chi connectivity index (χ1) is 12.2. The van der Waals surface area contributed by atoms with Gasteiger partial charge in [0.2, 0.25) is 0 Å². The smallest absolute Gasteiger partial charge is 0.142 e. The minimum atomic E-state index is -0.406. The Kier molecular flexibility index (Phi) is 5.00. The summed E-state index contributed by atoms with van der Waals surface area (Å²) in [5.74, 6) is 0.711. The topological polar surface area (TPSA) is 64.7 Å². The maximum Gasteiger partial charge on any atom is 0.142 e. The molecule has 0 spiro atoms. The fourth-order valence-corrected chi connectivity index (χ4v) is 5.09. The molecular formula is C22H32N2O2. The predicted octanol–water partition coefficient (Wildman–Crippen LogP) is 3.96. The van der Waals surface area contributed by atoms with Gasteiger partial charge >= 0.3 is 0 Å². The third-order valence-electron chi connectivity index (χ3n) is 6.39. The summed E-state index contributed by atoms with van der Waals surface area (Å²) in [7, 11) is 0. The first kappa shape index (κ1) is 19.1. The standard InChI is InChI=1S/C22H32N2O2/c1-14(2)15-6-7-17-16(12-15)13-18(25)20-21(3,4)9-8-19(22(17,20)5)24-26-11-10-23/h6-7,12,14,20H,8-11,13,23H2,1-5H3/t20?,22-/m0/s1. The quantitative estimate of drug-likeness (QED) is 0.656. The number of hydrogen-bond acceptors (Lipinski definition) is 4. The zero-order chi connectivity index (χ0) is 19.1. The van der Waals surface area contributed by atoms with Crippen LogP contribution in [0.5, 0.6) is 0 Å². The van der Waals surface area contributed by atoms with Crippen LogP contribution >= 0.6 is 0 Å². The fourth-order valence-electron chi connectivity index (χ4n) is 5.09. The second kappa shape index (κ2) is 6.80. The molecule has 1 aromatic rings. The molecule has 2 atom stereocenters. The second-order valence-electron chi connectivity index (χ2n) is 9.00. The number of ketones is 1. The van der Waals surface area contributed by atoms with E-state index in [-0.39, 0.29) is 11.3 Å². The summed E-state index contributed by atoms with van der Waals surface area (Å²) in [4.78, 5) is 18.7. The maximum absolute atomic E-state index is 13.3. The van der Waals surface area contributed by atoms with Gasteiger partial charge in [0.05, 0.1) is 5.71 Å². The average Bonchev–Trinajstić information content (AvgIpc) is 2.56. The normalized spacial score (nSPS) is 28.8. The summed E-state index contributed by atoms with van der Waals surface area (Å²) in [5.41, 5.74) is 9.77. The monoisotopic (exact) mass is 356 g/mol. The van der Waals surface area contributed by atoms with E-state index >= 15 is 0 Å². The summed E-state index contributed by atoms with van der Waals surface area (Å²) in [6.45, 7) is 11.9. The first-order valence-electron chi connectivity index (χ1n) is 9.77. The molecule has 1 aromatic carbocycles. The van der Waals surface area contributed by atoms with Gasteiger partial charge in [0.15, 0.2) is 0 Å². The zero-order valence-corrected chi connectivity index (χ0v) is 16.8. The van der Waals surface area contributed by atoms with E-state index in [4.69, 9.17) is 10.6 Å². The molecule has 0 amide bonds. The number of oxime groups is 1. The van der Waals surface area contributed by atoms with Crippen LogP contribution in [0.2, 0.25) is 0 Å². The molecule has 142 valence electrons. The highest BCUT2D eigenvalue weighted by atomic mass is 16.6. The SMILES string of the molecule is CC(C)c1ccc2c(c1)CC(=O)C1C(C)(C)CCC(=NOCCN)[C@]21C. The van der Waals surface area contributed by atoms with Crippen molar-refractivity contribution >= 4 is 11.5 Å². The van der Waals surface area contributed by atoms with Gasteiger partial charge in [0.1, 0.15) is 12.4 Å². The molecule has 4 nitrogen and oxygen atoms in total. The van der Waals surface area contributed by atoms with Crippen LogP contribution in [-0.2, 0) is 21.5 Å². The van der Waals surface area contributed by atoms with Crippen molar-refractivity contribution in [2.45, 2.75) is 65.2 Å². The van der Waals surface area contributed by atoms with E-state index in [1.807, 2.05) is 0 Å². The molecule has 2 N–H and O–H groups in total. The Morgan fingerprint density at radius 1 is 1.31 bits per heavy atom. The van der Waals surface area contributed by atoms with Gasteiger partial charge in [-0.1, -0.05) is 51.0 Å². The number of fused-ring (bicyclic) bond motifs is 3. The lowest BCUT2D eigenvalue weighted by atomic mass is 9.49. The van der Waals surface area contributed by atoms with Crippen LogP contribution in [0.1, 0.15) is 70.1 Å². The van der Waals surface area contributed by atoms with Crippen LogP contribution in [0.3, 0.4) is 0 Å². The van der Waals surface area contributed by atoms with Crippen molar-refractivity contribution in [3.05, 3.63) is 34.9 Å². The summed E-state index contributed by atoms with van der Waals surface area (Å²) in [5, 5.41) is 4.47. The van der Waals surface area contributed by atoms with E-state index in [2.05, 4.69) is 58.0 Å². The molecule has 0 bridgehead atoms. The number of carbonyl (C=O) groups excluding carboxylic acids is 1. The molecule has 0 heterocycles. The number of Topliss-reactive ketones (excluding diaryl/α,β-unsaturated/α-hetero) is 1. The van der Waals surface area contributed by atoms with Crippen LogP contribution in [0.4, 0.5) is 0 Å². The molecule has 0 aromatic heterocycles. The molecular weight excluding hydrogens is 324 g/mol. The van der Waals surface area contributed by atoms with Gasteiger partial charge in [-0.25, -0.2) is 0 Å². The molecule has 1 saturated carbocycles. The second-order valence-corrected chi connectivity index (χ2v) is 9.00. The Balaban J connectivity index is 2.16. The number of carbonyl (C=O) groups is 1. The van der Waals surface area contributed by atoms with Crippen molar-refractivity contribution in [3.63, 3.8) is 0 Å². The van der Waals surface area contributed by atoms with E-state index < -0.39 is 5.41 Å². The first-order valence-corrected chi connectivity index (χ1v) is 9.77. The number of rotatable bonds is 4. The lowest BCUT2D eigenvalue weighted by Crippen LogP contribution is -2.57. The Morgan fingerprint density at radius 3 is 2.69 bits per heavy atom. The predicted molar refractivity (Wildman–Crippen MR) is 106 cm³/mol. The highest BCUT2D eigenvalue weighted by Crippen LogP contribution is 2.54. The summed E-state index contributed by atoms with van der Waals surface area (Å²) >= 11 is 0. The highest BCUT2D eigenvalue weighted by molar-refractivity contribution is 6.04. The highest BCUT2D eigenvalue weighted by Gasteiger charge is 2.57. The number of nitrogens with zero attached hydrogens (tertiary/aromatic N) is 1. The third kappa shape index (κ3) is 2.98. The molecule has 4 heteroatoms. The molecule has 0 radical (unpaired) electrons. The van der Waals surface area contributed by atoms with Crippen LogP contribution in [0.25, 0.3) is 0 Å².